The van der Waals surface area contributed by atoms with Crippen LogP contribution in [0.1, 0.15) is 11.3 Å². The van der Waals surface area contributed by atoms with Gasteiger partial charge in [-0.15, -0.1) is 0 Å². The molecule has 92 valence electrons. The molecule has 0 aliphatic carbocycles. The zero-order valence-corrected chi connectivity index (χ0v) is 10.2. The van der Waals surface area contributed by atoms with Gasteiger partial charge in [0.25, 0.3) is 0 Å². The molecule has 1 heterocycles. The number of methoxy groups -OCH3 is 1. The molecular formula is C14H13NO3. The minimum Gasteiger partial charge on any atom is -0.497 e. The van der Waals surface area contributed by atoms with Crippen LogP contribution in [0.4, 0.5) is 0 Å². The van der Waals surface area contributed by atoms with Crippen molar-refractivity contribution in [2.24, 2.45) is 0 Å². The number of hydrogen-bond acceptors (Lipinski definition) is 3. The normalized spacial score (nSPS) is 11.0. The molecule has 1 aromatic carbocycles. The Bertz CT molecular complexity index is 632. The van der Waals surface area contributed by atoms with Gasteiger partial charge in [-0.05, 0) is 42.8 Å². The number of nitrogens with zero attached hydrogens (tertiary/aromatic N) is 1. The summed E-state index contributed by atoms with van der Waals surface area (Å²) in [5.74, 6) is -0.203. The van der Waals surface area contributed by atoms with Crippen molar-refractivity contribution in [2.75, 3.05) is 7.11 Å². The van der Waals surface area contributed by atoms with E-state index < -0.39 is 5.97 Å². The Morgan fingerprint density at radius 1 is 1.39 bits per heavy atom. The Morgan fingerprint density at radius 2 is 2.17 bits per heavy atom. The van der Waals surface area contributed by atoms with Crippen molar-refractivity contribution in [3.05, 3.63) is 41.6 Å². The lowest BCUT2D eigenvalue weighted by Gasteiger charge is -2.06. The fourth-order valence-corrected chi connectivity index (χ4v) is 1.77. The molecule has 0 amide bonds. The van der Waals surface area contributed by atoms with Crippen molar-refractivity contribution in [3.8, 4) is 5.75 Å². The molecule has 0 fully saturated rings. The van der Waals surface area contributed by atoms with Crippen molar-refractivity contribution in [1.29, 1.82) is 0 Å². The van der Waals surface area contributed by atoms with E-state index in [1.807, 2.05) is 31.2 Å². The van der Waals surface area contributed by atoms with Gasteiger partial charge in [-0.3, -0.25) is 0 Å². The molecule has 0 bridgehead atoms. The second-order valence-electron chi connectivity index (χ2n) is 3.92. The summed E-state index contributed by atoms with van der Waals surface area (Å²) in [5.41, 5.74) is 2.48. The fraction of sp³-hybridized carbons (Fsp3) is 0.143. The van der Waals surface area contributed by atoms with Gasteiger partial charge in [-0.2, -0.15) is 0 Å². The maximum Gasteiger partial charge on any atom is 0.328 e. The maximum absolute atomic E-state index is 10.5. The summed E-state index contributed by atoms with van der Waals surface area (Å²) in [6, 6.07) is 7.46. The summed E-state index contributed by atoms with van der Waals surface area (Å²) >= 11 is 0. The first-order valence-corrected chi connectivity index (χ1v) is 5.46. The summed E-state index contributed by atoms with van der Waals surface area (Å²) in [5, 5.41) is 9.60. The predicted octanol–water partition coefficient (Wildman–Crippen LogP) is 2.65. The van der Waals surface area contributed by atoms with Gasteiger partial charge in [0.05, 0.1) is 18.3 Å². The lowest BCUT2D eigenvalue weighted by Crippen LogP contribution is -1.91. The molecule has 0 saturated carbocycles. The first-order valence-electron chi connectivity index (χ1n) is 5.46. The van der Waals surface area contributed by atoms with Gasteiger partial charge in [0.2, 0.25) is 0 Å². The maximum atomic E-state index is 10.5. The van der Waals surface area contributed by atoms with E-state index in [-0.39, 0.29) is 0 Å². The van der Waals surface area contributed by atoms with Crippen molar-refractivity contribution in [1.82, 2.24) is 4.98 Å². The van der Waals surface area contributed by atoms with Crippen molar-refractivity contribution < 1.29 is 14.6 Å². The zero-order chi connectivity index (χ0) is 13.1. The molecule has 18 heavy (non-hydrogen) atoms. The molecule has 1 aromatic heterocycles. The Balaban J connectivity index is 2.53. The highest BCUT2D eigenvalue weighted by atomic mass is 16.5. The van der Waals surface area contributed by atoms with Gasteiger partial charge >= 0.3 is 5.97 Å². The third kappa shape index (κ3) is 2.48. The molecule has 1 N–H and O–H groups in total. The Morgan fingerprint density at radius 3 is 2.83 bits per heavy atom. The summed E-state index contributed by atoms with van der Waals surface area (Å²) in [6.07, 6.45) is 2.57. The van der Waals surface area contributed by atoms with E-state index in [1.165, 1.54) is 6.08 Å². The molecule has 0 spiro atoms. The minimum absolute atomic E-state index is 0.632. The van der Waals surface area contributed by atoms with Gasteiger partial charge in [0, 0.05) is 11.5 Å². The van der Waals surface area contributed by atoms with E-state index in [1.54, 1.807) is 7.11 Å². The number of ether oxygens (including phenoxy) is 1. The molecular weight excluding hydrogens is 230 g/mol. The van der Waals surface area contributed by atoms with E-state index >= 15 is 0 Å². The molecule has 2 aromatic rings. The third-order valence-corrected chi connectivity index (χ3v) is 2.64. The number of benzene rings is 1. The standard InChI is InChI=1S/C14H13NO3/c1-9-7-10(3-6-14(16)17)15-13-5-4-11(18-2)8-12(9)13/h3-8H,1-2H3,(H,16,17)/b6-3+. The van der Waals surface area contributed by atoms with Crippen LogP contribution in [-0.2, 0) is 4.79 Å². The van der Waals surface area contributed by atoms with Crippen molar-refractivity contribution in [3.63, 3.8) is 0 Å². The van der Waals surface area contributed by atoms with Crippen LogP contribution in [0.5, 0.6) is 5.75 Å². The van der Waals surface area contributed by atoms with Gasteiger partial charge < -0.3 is 9.84 Å². The summed E-state index contributed by atoms with van der Waals surface area (Å²) in [4.78, 5) is 14.9. The van der Waals surface area contributed by atoms with E-state index in [4.69, 9.17) is 9.84 Å². The molecule has 0 atom stereocenters. The largest absolute Gasteiger partial charge is 0.497 e. The smallest absolute Gasteiger partial charge is 0.328 e. The zero-order valence-electron chi connectivity index (χ0n) is 10.2. The van der Waals surface area contributed by atoms with E-state index in [9.17, 15) is 4.79 Å². The first kappa shape index (κ1) is 12.1. The molecule has 2 rings (SSSR count). The van der Waals surface area contributed by atoms with E-state index in [0.717, 1.165) is 28.3 Å². The number of carbonyl (C=O) groups is 1. The Hall–Kier alpha value is -2.36. The van der Waals surface area contributed by atoms with E-state index in [2.05, 4.69) is 4.98 Å². The number of rotatable bonds is 3. The number of fused-ring (bicyclic) bond motifs is 1. The quantitative estimate of drug-likeness (QED) is 0.842. The van der Waals surface area contributed by atoms with Crippen LogP contribution >= 0.6 is 0 Å². The van der Waals surface area contributed by atoms with Gasteiger partial charge in [-0.25, -0.2) is 9.78 Å². The van der Waals surface area contributed by atoms with Crippen LogP contribution in [0.2, 0.25) is 0 Å². The minimum atomic E-state index is -0.982. The second kappa shape index (κ2) is 4.87. The summed E-state index contributed by atoms with van der Waals surface area (Å²) in [7, 11) is 1.62. The topological polar surface area (TPSA) is 59.4 Å². The molecule has 0 aliphatic rings. The second-order valence-corrected chi connectivity index (χ2v) is 3.92. The molecule has 0 radical (unpaired) electrons. The first-order chi connectivity index (χ1) is 8.60. The van der Waals surface area contributed by atoms with Crippen molar-refractivity contribution >= 4 is 22.9 Å². The molecule has 0 aliphatic heterocycles. The highest BCUT2D eigenvalue weighted by Crippen LogP contribution is 2.23. The Kier molecular flexibility index (Phi) is 3.28. The van der Waals surface area contributed by atoms with Crippen LogP contribution < -0.4 is 4.74 Å². The number of aryl methyl sites for hydroxylation is 1. The summed E-state index contributed by atoms with van der Waals surface area (Å²) in [6.45, 7) is 1.96. The SMILES string of the molecule is COc1ccc2nc(/C=C/C(=O)O)cc(C)c2c1. The molecule has 4 nitrogen and oxygen atoms in total. The number of pyridine rings is 1. The Labute approximate surface area is 105 Å². The number of hydrogen-bond donors (Lipinski definition) is 1. The molecule has 4 heteroatoms. The summed E-state index contributed by atoms with van der Waals surface area (Å²) < 4.78 is 5.17. The lowest BCUT2D eigenvalue weighted by atomic mass is 10.1. The van der Waals surface area contributed by atoms with E-state index in [0.29, 0.717) is 5.69 Å². The van der Waals surface area contributed by atoms with Crippen LogP contribution in [0.15, 0.2) is 30.3 Å². The van der Waals surface area contributed by atoms with Crippen LogP contribution in [0, 0.1) is 6.92 Å². The number of aliphatic carboxylic acids is 1. The number of carboxylic acid groups (broad SMARTS) is 1. The fourth-order valence-electron chi connectivity index (χ4n) is 1.77. The molecule has 0 unspecified atom stereocenters. The average molecular weight is 243 g/mol. The van der Waals surface area contributed by atoms with Gasteiger partial charge in [0.15, 0.2) is 0 Å². The molecule has 0 saturated heterocycles. The van der Waals surface area contributed by atoms with Crippen LogP contribution in [0.25, 0.3) is 17.0 Å². The van der Waals surface area contributed by atoms with Crippen LogP contribution in [0.3, 0.4) is 0 Å². The van der Waals surface area contributed by atoms with Gasteiger partial charge in [-0.1, -0.05) is 0 Å². The van der Waals surface area contributed by atoms with Crippen LogP contribution in [-0.4, -0.2) is 23.2 Å². The van der Waals surface area contributed by atoms with Crippen molar-refractivity contribution in [2.45, 2.75) is 6.92 Å². The average Bonchev–Trinajstić information content (AvgIpc) is 2.36. The third-order valence-electron chi connectivity index (χ3n) is 2.64. The lowest BCUT2D eigenvalue weighted by molar-refractivity contribution is -0.131. The highest BCUT2D eigenvalue weighted by molar-refractivity contribution is 5.87. The number of aromatic nitrogens is 1. The highest BCUT2D eigenvalue weighted by Gasteiger charge is 2.03. The monoisotopic (exact) mass is 243 g/mol. The van der Waals surface area contributed by atoms with Gasteiger partial charge in [0.1, 0.15) is 5.75 Å². The predicted molar refractivity (Wildman–Crippen MR) is 69.7 cm³/mol. The number of carboxylic acids is 1.